The van der Waals surface area contributed by atoms with Gasteiger partial charge >= 0.3 is 0 Å². The lowest BCUT2D eigenvalue weighted by molar-refractivity contribution is 0.0263. The van der Waals surface area contributed by atoms with Gasteiger partial charge in [0.05, 0.1) is 6.10 Å². The fraction of sp³-hybridized carbons (Fsp3) is 0.682. The maximum absolute atomic E-state index is 5.77. The molecule has 1 aromatic carbocycles. The Labute approximate surface area is 188 Å². The van der Waals surface area contributed by atoms with E-state index in [-0.39, 0.29) is 24.0 Å². The summed E-state index contributed by atoms with van der Waals surface area (Å²) in [5.41, 5.74) is 1.36. The number of halogens is 1. The average molecular weight is 502 g/mol. The molecule has 1 aromatic rings. The number of nitrogens with one attached hydrogen (secondary N) is 1. The molecule has 1 saturated heterocycles. The topological polar surface area (TPSA) is 40.1 Å². The summed E-state index contributed by atoms with van der Waals surface area (Å²) in [5, 5.41) is 3.46. The van der Waals surface area contributed by atoms with Crippen molar-refractivity contribution in [1.29, 1.82) is 0 Å². The van der Waals surface area contributed by atoms with Gasteiger partial charge in [0.2, 0.25) is 0 Å². The number of benzene rings is 1. The highest BCUT2D eigenvalue weighted by molar-refractivity contribution is 14.0. The summed E-state index contributed by atoms with van der Waals surface area (Å²) in [6.45, 7) is 12.1. The number of piperidine rings is 1. The summed E-state index contributed by atoms with van der Waals surface area (Å²) in [6, 6.07) is 11.2. The predicted molar refractivity (Wildman–Crippen MR) is 130 cm³/mol. The van der Waals surface area contributed by atoms with Crippen molar-refractivity contribution in [3.05, 3.63) is 35.9 Å². The molecule has 1 unspecified atom stereocenters. The van der Waals surface area contributed by atoms with Crippen molar-refractivity contribution in [2.45, 2.75) is 58.7 Å². The highest BCUT2D eigenvalue weighted by Crippen LogP contribution is 2.14. The second-order valence-corrected chi connectivity index (χ2v) is 7.42. The Morgan fingerprint density at radius 1 is 1.25 bits per heavy atom. The number of hydrogen-bond donors (Lipinski definition) is 1. The van der Waals surface area contributed by atoms with Gasteiger partial charge in [-0.05, 0) is 52.6 Å². The average Bonchev–Trinajstić information content (AvgIpc) is 2.69. The first-order valence-corrected chi connectivity index (χ1v) is 10.5. The van der Waals surface area contributed by atoms with Gasteiger partial charge in [0, 0.05) is 45.4 Å². The molecule has 0 aliphatic carbocycles. The highest BCUT2D eigenvalue weighted by atomic mass is 127. The Morgan fingerprint density at radius 2 is 1.93 bits per heavy atom. The van der Waals surface area contributed by atoms with Crippen LogP contribution < -0.4 is 5.32 Å². The van der Waals surface area contributed by atoms with E-state index in [0.717, 1.165) is 64.6 Å². The SMILES string of the molecule is CCNC(=NCCC(C)N(C)Cc1ccccc1)N1CCC(OCC)CC1.I. The third kappa shape index (κ3) is 8.66. The van der Waals surface area contributed by atoms with Crippen LogP contribution in [0, 0.1) is 0 Å². The van der Waals surface area contributed by atoms with Gasteiger partial charge < -0.3 is 15.0 Å². The molecule has 1 aliphatic heterocycles. The van der Waals surface area contributed by atoms with Crippen molar-refractivity contribution >= 4 is 29.9 Å². The lowest BCUT2D eigenvalue weighted by Crippen LogP contribution is -2.47. The van der Waals surface area contributed by atoms with Crippen LogP contribution >= 0.6 is 24.0 Å². The van der Waals surface area contributed by atoms with Crippen LogP contribution in [0.2, 0.25) is 0 Å². The Morgan fingerprint density at radius 3 is 2.54 bits per heavy atom. The minimum absolute atomic E-state index is 0. The first-order chi connectivity index (χ1) is 13.1. The molecule has 0 bridgehead atoms. The van der Waals surface area contributed by atoms with Gasteiger partial charge in [-0.3, -0.25) is 9.89 Å². The van der Waals surface area contributed by atoms with Crippen molar-refractivity contribution in [1.82, 2.24) is 15.1 Å². The monoisotopic (exact) mass is 502 g/mol. The van der Waals surface area contributed by atoms with Crippen molar-refractivity contribution in [2.24, 2.45) is 4.99 Å². The van der Waals surface area contributed by atoms with E-state index in [0.29, 0.717) is 12.1 Å². The number of nitrogens with zero attached hydrogens (tertiary/aromatic N) is 3. The quantitative estimate of drug-likeness (QED) is 0.315. The van der Waals surface area contributed by atoms with E-state index < -0.39 is 0 Å². The normalized spacial score (nSPS) is 16.8. The molecule has 2 rings (SSSR count). The molecule has 28 heavy (non-hydrogen) atoms. The van der Waals surface area contributed by atoms with Crippen molar-refractivity contribution in [3.8, 4) is 0 Å². The molecule has 1 heterocycles. The molecule has 5 nitrogen and oxygen atoms in total. The first kappa shape index (κ1) is 25.2. The lowest BCUT2D eigenvalue weighted by atomic mass is 10.1. The number of likely N-dealkylation sites (tertiary alicyclic amines) is 1. The van der Waals surface area contributed by atoms with E-state index >= 15 is 0 Å². The Hall–Kier alpha value is -0.860. The smallest absolute Gasteiger partial charge is 0.193 e. The summed E-state index contributed by atoms with van der Waals surface area (Å²) in [6.07, 6.45) is 3.66. The van der Waals surface area contributed by atoms with Crippen LogP contribution in [0.5, 0.6) is 0 Å². The summed E-state index contributed by atoms with van der Waals surface area (Å²) < 4.78 is 5.77. The van der Waals surface area contributed by atoms with Crippen LogP contribution in [0.3, 0.4) is 0 Å². The van der Waals surface area contributed by atoms with Crippen molar-refractivity contribution in [3.63, 3.8) is 0 Å². The standard InChI is InChI=1S/C22H38N4O.HI/c1-5-23-22(26-16-13-21(14-17-26)27-6-2)24-15-12-19(3)25(4)18-20-10-8-7-9-11-20;/h7-11,19,21H,5-6,12-18H2,1-4H3,(H,23,24);1H. The molecule has 0 radical (unpaired) electrons. The van der Waals surface area contributed by atoms with Crippen LogP contribution in [0.1, 0.15) is 45.6 Å². The van der Waals surface area contributed by atoms with Gasteiger partial charge in [0.1, 0.15) is 0 Å². The van der Waals surface area contributed by atoms with E-state index in [9.17, 15) is 0 Å². The van der Waals surface area contributed by atoms with E-state index in [1.54, 1.807) is 0 Å². The van der Waals surface area contributed by atoms with Gasteiger partial charge in [-0.2, -0.15) is 0 Å². The lowest BCUT2D eigenvalue weighted by Gasteiger charge is -2.34. The molecular weight excluding hydrogens is 463 g/mol. The second-order valence-electron chi connectivity index (χ2n) is 7.42. The zero-order valence-corrected chi connectivity index (χ0v) is 20.4. The zero-order chi connectivity index (χ0) is 19.5. The molecular formula is C22H39IN4O. The molecule has 0 spiro atoms. The first-order valence-electron chi connectivity index (χ1n) is 10.5. The number of aliphatic imine (C=N–C) groups is 1. The summed E-state index contributed by atoms with van der Waals surface area (Å²) in [4.78, 5) is 9.70. The van der Waals surface area contributed by atoms with Crippen LogP contribution in [-0.2, 0) is 11.3 Å². The third-order valence-electron chi connectivity index (χ3n) is 5.31. The number of guanidine groups is 1. The molecule has 0 aromatic heterocycles. The largest absolute Gasteiger partial charge is 0.378 e. The van der Waals surface area contributed by atoms with Gasteiger partial charge in [-0.15, -0.1) is 24.0 Å². The number of hydrogen-bond acceptors (Lipinski definition) is 3. The van der Waals surface area contributed by atoms with Crippen molar-refractivity contribution in [2.75, 3.05) is 39.8 Å². The van der Waals surface area contributed by atoms with Gasteiger partial charge in [-0.25, -0.2) is 0 Å². The van der Waals surface area contributed by atoms with E-state index in [4.69, 9.17) is 9.73 Å². The summed E-state index contributed by atoms with van der Waals surface area (Å²) >= 11 is 0. The van der Waals surface area contributed by atoms with Crippen molar-refractivity contribution < 1.29 is 4.74 Å². The molecule has 1 aliphatic rings. The van der Waals surface area contributed by atoms with Crippen LogP contribution in [0.15, 0.2) is 35.3 Å². The predicted octanol–water partition coefficient (Wildman–Crippen LogP) is 3.98. The van der Waals surface area contributed by atoms with Crippen LogP contribution in [-0.4, -0.2) is 67.7 Å². The molecule has 1 atom stereocenters. The minimum Gasteiger partial charge on any atom is -0.378 e. The maximum atomic E-state index is 5.77. The fourth-order valence-electron chi connectivity index (χ4n) is 3.50. The highest BCUT2D eigenvalue weighted by Gasteiger charge is 2.21. The molecule has 1 N–H and O–H groups in total. The molecule has 160 valence electrons. The van der Waals surface area contributed by atoms with E-state index in [2.05, 4.69) is 73.3 Å². The van der Waals surface area contributed by atoms with Crippen LogP contribution in [0.25, 0.3) is 0 Å². The second kappa shape index (κ2) is 14.2. The molecule has 1 fully saturated rings. The van der Waals surface area contributed by atoms with E-state index in [1.165, 1.54) is 5.56 Å². The Bertz CT molecular complexity index is 547. The fourth-order valence-corrected chi connectivity index (χ4v) is 3.50. The third-order valence-corrected chi connectivity index (χ3v) is 5.31. The van der Waals surface area contributed by atoms with Gasteiger partial charge in [0.25, 0.3) is 0 Å². The Balaban J connectivity index is 0.00000392. The maximum Gasteiger partial charge on any atom is 0.193 e. The molecule has 6 heteroatoms. The minimum atomic E-state index is 0. The zero-order valence-electron chi connectivity index (χ0n) is 18.1. The Kier molecular flexibility index (Phi) is 12.7. The summed E-state index contributed by atoms with van der Waals surface area (Å²) in [5.74, 6) is 1.06. The number of rotatable bonds is 9. The van der Waals surface area contributed by atoms with Gasteiger partial charge in [0.15, 0.2) is 5.96 Å². The van der Waals surface area contributed by atoms with Crippen LogP contribution in [0.4, 0.5) is 0 Å². The number of ether oxygens (including phenoxy) is 1. The summed E-state index contributed by atoms with van der Waals surface area (Å²) in [7, 11) is 2.20. The molecule has 0 amide bonds. The molecule has 0 saturated carbocycles. The van der Waals surface area contributed by atoms with E-state index in [1.807, 2.05) is 0 Å². The van der Waals surface area contributed by atoms with Gasteiger partial charge in [-0.1, -0.05) is 30.3 Å².